The molecule has 1 aliphatic rings. The molecule has 0 spiro atoms. The summed E-state index contributed by atoms with van der Waals surface area (Å²) in [5, 5.41) is 0. The van der Waals surface area contributed by atoms with Gasteiger partial charge in [0.2, 0.25) is 0 Å². The van der Waals surface area contributed by atoms with Crippen molar-refractivity contribution >= 4 is 0 Å². The van der Waals surface area contributed by atoms with Crippen molar-refractivity contribution in [2.75, 3.05) is 6.54 Å². The van der Waals surface area contributed by atoms with Crippen LogP contribution in [0.25, 0.3) is 0 Å². The summed E-state index contributed by atoms with van der Waals surface area (Å²) in [6, 6.07) is 14.2. The Balaban J connectivity index is 1.83. The van der Waals surface area contributed by atoms with Gasteiger partial charge in [0.15, 0.2) is 0 Å². The van der Waals surface area contributed by atoms with Gasteiger partial charge < -0.3 is 0 Å². The van der Waals surface area contributed by atoms with E-state index in [1.807, 2.05) is 18.5 Å². The van der Waals surface area contributed by atoms with E-state index in [1.165, 1.54) is 36.1 Å². The van der Waals surface area contributed by atoms with Gasteiger partial charge in [0.25, 0.3) is 0 Å². The Bertz CT molecular complexity index is 547. The molecule has 1 aromatic heterocycles. The smallest absolute Gasteiger partial charge is 0.0369 e. The number of hydrogen-bond acceptors (Lipinski definition) is 2. The second kappa shape index (κ2) is 5.76. The van der Waals surface area contributed by atoms with Gasteiger partial charge in [-0.2, -0.15) is 0 Å². The first kappa shape index (κ1) is 13.3. The van der Waals surface area contributed by atoms with Crippen LogP contribution in [0.2, 0.25) is 0 Å². The van der Waals surface area contributed by atoms with Gasteiger partial charge in [-0.15, -0.1) is 0 Å². The molecule has 2 heterocycles. The van der Waals surface area contributed by atoms with Gasteiger partial charge in [-0.1, -0.05) is 35.9 Å². The Kier molecular flexibility index (Phi) is 3.83. The van der Waals surface area contributed by atoms with Crippen LogP contribution in [0.15, 0.2) is 48.8 Å². The molecule has 1 aliphatic heterocycles. The molecule has 1 fully saturated rings. The van der Waals surface area contributed by atoms with Crippen LogP contribution in [-0.4, -0.2) is 16.4 Å². The molecule has 2 nitrogen and oxygen atoms in total. The minimum atomic E-state index is 0.461. The van der Waals surface area contributed by atoms with Crippen LogP contribution in [0.4, 0.5) is 0 Å². The highest BCUT2D eigenvalue weighted by Crippen LogP contribution is 2.38. The van der Waals surface area contributed by atoms with Crippen molar-refractivity contribution < 1.29 is 0 Å². The minimum absolute atomic E-state index is 0.461. The molecule has 0 saturated carbocycles. The van der Waals surface area contributed by atoms with Crippen molar-refractivity contribution in [3.8, 4) is 0 Å². The lowest BCUT2D eigenvalue weighted by atomic mass is 10.0. The zero-order chi connectivity index (χ0) is 13.9. The van der Waals surface area contributed by atoms with Gasteiger partial charge in [0, 0.05) is 24.5 Å². The normalized spacial score (nSPS) is 21.0. The van der Waals surface area contributed by atoms with Gasteiger partial charge in [0.05, 0.1) is 0 Å². The van der Waals surface area contributed by atoms with Crippen molar-refractivity contribution in [3.63, 3.8) is 0 Å². The van der Waals surface area contributed by atoms with Crippen LogP contribution in [0, 0.1) is 6.92 Å². The highest BCUT2D eigenvalue weighted by molar-refractivity contribution is 5.25. The topological polar surface area (TPSA) is 16.1 Å². The lowest BCUT2D eigenvalue weighted by Gasteiger charge is -2.31. The summed E-state index contributed by atoms with van der Waals surface area (Å²) in [5.41, 5.74) is 4.08. The Morgan fingerprint density at radius 3 is 2.70 bits per heavy atom. The lowest BCUT2D eigenvalue weighted by molar-refractivity contribution is 0.194. The molecule has 2 atom stereocenters. The highest BCUT2D eigenvalue weighted by atomic mass is 15.2. The standard InChI is InChI=1S/C18H22N2/c1-14-7-9-16(10-8-14)15(2)20-12-4-6-18(20)17-5-3-11-19-13-17/h3,5,7-11,13,15,18H,4,6,12H2,1-2H3. The van der Waals surface area contributed by atoms with E-state index < -0.39 is 0 Å². The highest BCUT2D eigenvalue weighted by Gasteiger charge is 2.30. The monoisotopic (exact) mass is 266 g/mol. The Labute approximate surface area is 121 Å². The maximum absolute atomic E-state index is 4.28. The summed E-state index contributed by atoms with van der Waals surface area (Å²) in [6.45, 7) is 5.64. The molecule has 0 amide bonds. The van der Waals surface area contributed by atoms with Crippen molar-refractivity contribution in [2.45, 2.75) is 38.8 Å². The van der Waals surface area contributed by atoms with Gasteiger partial charge in [-0.05, 0) is 50.4 Å². The molecule has 2 heteroatoms. The van der Waals surface area contributed by atoms with E-state index in [4.69, 9.17) is 0 Å². The largest absolute Gasteiger partial charge is 0.290 e. The number of likely N-dealkylation sites (tertiary alicyclic amines) is 1. The third kappa shape index (κ3) is 2.61. The molecule has 20 heavy (non-hydrogen) atoms. The predicted molar refractivity (Wildman–Crippen MR) is 82.5 cm³/mol. The minimum Gasteiger partial charge on any atom is -0.290 e. The molecule has 0 aliphatic carbocycles. The van der Waals surface area contributed by atoms with Gasteiger partial charge >= 0.3 is 0 Å². The van der Waals surface area contributed by atoms with Crippen LogP contribution in [0.3, 0.4) is 0 Å². The summed E-state index contributed by atoms with van der Waals surface area (Å²) < 4.78 is 0. The quantitative estimate of drug-likeness (QED) is 0.824. The van der Waals surface area contributed by atoms with Crippen LogP contribution >= 0.6 is 0 Å². The van der Waals surface area contributed by atoms with Crippen LogP contribution in [0.5, 0.6) is 0 Å². The Hall–Kier alpha value is -1.67. The predicted octanol–water partition coefficient (Wildman–Crippen LogP) is 4.29. The Morgan fingerprint density at radius 1 is 1.20 bits per heavy atom. The fourth-order valence-electron chi connectivity index (χ4n) is 3.22. The number of nitrogens with zero attached hydrogens (tertiary/aromatic N) is 2. The maximum Gasteiger partial charge on any atom is 0.0369 e. The molecule has 3 rings (SSSR count). The maximum atomic E-state index is 4.28. The number of hydrogen-bond donors (Lipinski definition) is 0. The second-order valence-electron chi connectivity index (χ2n) is 5.77. The Morgan fingerprint density at radius 2 is 2.00 bits per heavy atom. The number of aryl methyl sites for hydroxylation is 1. The molecule has 0 bridgehead atoms. The van der Waals surface area contributed by atoms with Crippen molar-refractivity contribution in [3.05, 3.63) is 65.5 Å². The molecule has 2 unspecified atom stereocenters. The van der Waals surface area contributed by atoms with E-state index in [9.17, 15) is 0 Å². The molecule has 0 N–H and O–H groups in total. The fourth-order valence-corrected chi connectivity index (χ4v) is 3.22. The number of benzene rings is 1. The number of rotatable bonds is 3. The van der Waals surface area contributed by atoms with Crippen LogP contribution < -0.4 is 0 Å². The van der Waals surface area contributed by atoms with Gasteiger partial charge in [-0.3, -0.25) is 9.88 Å². The fraction of sp³-hybridized carbons (Fsp3) is 0.389. The molecule has 0 radical (unpaired) electrons. The first-order chi connectivity index (χ1) is 9.75. The lowest BCUT2D eigenvalue weighted by Crippen LogP contribution is -2.26. The van der Waals surface area contributed by atoms with Crippen molar-refractivity contribution in [1.29, 1.82) is 0 Å². The van der Waals surface area contributed by atoms with Crippen LogP contribution in [-0.2, 0) is 0 Å². The third-order valence-corrected chi connectivity index (χ3v) is 4.42. The zero-order valence-electron chi connectivity index (χ0n) is 12.3. The average molecular weight is 266 g/mol. The summed E-state index contributed by atoms with van der Waals surface area (Å²) in [5.74, 6) is 0. The number of pyridine rings is 1. The van der Waals surface area contributed by atoms with E-state index in [0.717, 1.165) is 0 Å². The van der Waals surface area contributed by atoms with Crippen LogP contribution in [0.1, 0.15) is 48.5 Å². The molecule has 1 aromatic carbocycles. The zero-order valence-corrected chi connectivity index (χ0v) is 12.3. The summed E-state index contributed by atoms with van der Waals surface area (Å²) in [7, 11) is 0. The molecular formula is C18H22N2. The van der Waals surface area contributed by atoms with E-state index in [1.54, 1.807) is 0 Å². The molecule has 2 aromatic rings. The third-order valence-electron chi connectivity index (χ3n) is 4.42. The average Bonchev–Trinajstić information content (AvgIpc) is 2.97. The van der Waals surface area contributed by atoms with E-state index in [0.29, 0.717) is 12.1 Å². The SMILES string of the molecule is Cc1ccc(C(C)N2CCCC2c2cccnc2)cc1. The first-order valence-electron chi connectivity index (χ1n) is 7.48. The first-order valence-corrected chi connectivity index (χ1v) is 7.48. The second-order valence-corrected chi connectivity index (χ2v) is 5.77. The number of aromatic nitrogens is 1. The molecule has 1 saturated heterocycles. The van der Waals surface area contributed by atoms with E-state index in [2.05, 4.69) is 54.1 Å². The summed E-state index contributed by atoms with van der Waals surface area (Å²) in [4.78, 5) is 6.89. The summed E-state index contributed by atoms with van der Waals surface area (Å²) >= 11 is 0. The van der Waals surface area contributed by atoms with E-state index in [-0.39, 0.29) is 0 Å². The molecular weight excluding hydrogens is 244 g/mol. The van der Waals surface area contributed by atoms with Gasteiger partial charge in [0.1, 0.15) is 0 Å². The summed E-state index contributed by atoms with van der Waals surface area (Å²) in [6.07, 6.45) is 6.38. The van der Waals surface area contributed by atoms with Gasteiger partial charge in [-0.25, -0.2) is 0 Å². The van der Waals surface area contributed by atoms with Crippen molar-refractivity contribution in [2.24, 2.45) is 0 Å². The molecule has 104 valence electrons. The van der Waals surface area contributed by atoms with E-state index >= 15 is 0 Å². The van der Waals surface area contributed by atoms with Crippen molar-refractivity contribution in [1.82, 2.24) is 9.88 Å².